The molecule has 0 bridgehead atoms. The second-order valence-corrected chi connectivity index (χ2v) is 8.37. The van der Waals surface area contributed by atoms with Crippen molar-refractivity contribution in [2.45, 2.75) is 12.3 Å². The third kappa shape index (κ3) is 6.33. The van der Waals surface area contributed by atoms with Gasteiger partial charge in [0.15, 0.2) is 16.7 Å². The molecule has 1 atom stereocenters. The average molecular weight is 507 g/mol. The Hall–Kier alpha value is -3.53. The van der Waals surface area contributed by atoms with E-state index in [1.165, 1.54) is 42.4 Å². The van der Waals surface area contributed by atoms with Crippen LogP contribution in [0.15, 0.2) is 46.3 Å². The monoisotopic (exact) mass is 507 g/mol. The first-order valence-electron chi connectivity index (χ1n) is 10.1. The molecule has 3 rings (SSSR count). The van der Waals surface area contributed by atoms with Gasteiger partial charge in [0.05, 0.1) is 41.9 Å². The van der Waals surface area contributed by atoms with Gasteiger partial charge in [-0.25, -0.2) is 0 Å². The first-order chi connectivity index (χ1) is 16.5. The Morgan fingerprint density at radius 2 is 1.94 bits per heavy atom. The lowest BCUT2D eigenvalue weighted by molar-refractivity contribution is -0.138. The molecule has 2 aromatic carbocycles. The summed E-state index contributed by atoms with van der Waals surface area (Å²) < 4.78 is 51.1. The number of thioether (sulfide) groups is 1. The molecule has 0 saturated heterocycles. The molecular formula is C23H20F3N3O5S. The highest BCUT2D eigenvalue weighted by Gasteiger charge is 2.35. The molecule has 0 spiro atoms. The molecule has 0 fully saturated rings. The zero-order chi connectivity index (χ0) is 25.8. The molecule has 1 amide bonds. The SMILES string of the molecule is COc1cc(/C=C2\SC(N(C)CC(O)CO)=NC2=O)ccc1Oc1ccc(C#N)cc1C(F)(F)F. The van der Waals surface area contributed by atoms with Crippen molar-refractivity contribution in [1.82, 2.24) is 4.90 Å². The Labute approximate surface area is 202 Å². The van der Waals surface area contributed by atoms with E-state index in [-0.39, 0.29) is 28.5 Å². The maximum absolute atomic E-state index is 13.5. The predicted octanol–water partition coefficient (Wildman–Crippen LogP) is 3.63. The van der Waals surface area contributed by atoms with E-state index in [2.05, 4.69) is 4.99 Å². The number of alkyl halides is 3. The van der Waals surface area contributed by atoms with Crippen LogP contribution in [0.1, 0.15) is 16.7 Å². The minimum absolute atomic E-state index is 0.00456. The van der Waals surface area contributed by atoms with Gasteiger partial charge in [-0.3, -0.25) is 4.79 Å². The normalized spacial score (nSPS) is 15.5. The summed E-state index contributed by atoms with van der Waals surface area (Å²) in [5.41, 5.74) is -0.747. The third-order valence-electron chi connectivity index (χ3n) is 4.75. The summed E-state index contributed by atoms with van der Waals surface area (Å²) in [5.74, 6) is -0.864. The highest BCUT2D eigenvalue weighted by molar-refractivity contribution is 8.18. The number of benzene rings is 2. The summed E-state index contributed by atoms with van der Waals surface area (Å²) in [4.78, 5) is 18.1. The summed E-state index contributed by atoms with van der Waals surface area (Å²) in [5, 5.41) is 27.8. The van der Waals surface area contributed by atoms with Crippen molar-refractivity contribution < 1.29 is 37.7 Å². The molecule has 12 heteroatoms. The molecule has 2 N–H and O–H groups in total. The smallest absolute Gasteiger partial charge is 0.420 e. The molecule has 1 heterocycles. The highest BCUT2D eigenvalue weighted by Crippen LogP contribution is 2.41. The number of halogens is 3. The van der Waals surface area contributed by atoms with Gasteiger partial charge in [-0.05, 0) is 53.7 Å². The number of aliphatic hydroxyl groups is 2. The largest absolute Gasteiger partial charge is 0.493 e. The number of likely N-dealkylation sites (N-methyl/N-ethyl adjacent to an activating group) is 1. The van der Waals surface area contributed by atoms with Crippen molar-refractivity contribution in [1.29, 1.82) is 5.26 Å². The Balaban J connectivity index is 1.83. The first-order valence-corrected chi connectivity index (χ1v) is 10.9. The minimum atomic E-state index is -4.74. The number of nitriles is 1. The summed E-state index contributed by atoms with van der Waals surface area (Å²) in [6.45, 7) is -0.349. The molecule has 184 valence electrons. The Morgan fingerprint density at radius 3 is 2.57 bits per heavy atom. The van der Waals surface area contributed by atoms with Crippen molar-refractivity contribution in [2.24, 2.45) is 4.99 Å². The van der Waals surface area contributed by atoms with Crippen molar-refractivity contribution in [3.8, 4) is 23.3 Å². The molecule has 35 heavy (non-hydrogen) atoms. The lowest BCUT2D eigenvalue weighted by atomic mass is 10.1. The van der Waals surface area contributed by atoms with Crippen LogP contribution in [0, 0.1) is 11.3 Å². The molecule has 8 nitrogen and oxygen atoms in total. The van der Waals surface area contributed by atoms with Gasteiger partial charge in [-0.15, -0.1) is 0 Å². The third-order valence-corrected chi connectivity index (χ3v) is 5.85. The van der Waals surface area contributed by atoms with Crippen molar-refractivity contribution >= 4 is 28.9 Å². The van der Waals surface area contributed by atoms with Crippen LogP contribution in [0.5, 0.6) is 17.2 Å². The van der Waals surface area contributed by atoms with Gasteiger partial charge < -0.3 is 24.6 Å². The van der Waals surface area contributed by atoms with E-state index in [9.17, 15) is 23.1 Å². The van der Waals surface area contributed by atoms with Crippen LogP contribution in [0.2, 0.25) is 0 Å². The number of aliphatic imine (C=N–C) groups is 1. The molecule has 0 saturated carbocycles. The zero-order valence-corrected chi connectivity index (χ0v) is 19.4. The lowest BCUT2D eigenvalue weighted by Gasteiger charge is -2.20. The lowest BCUT2D eigenvalue weighted by Crippen LogP contribution is -2.33. The van der Waals surface area contributed by atoms with Crippen molar-refractivity contribution in [2.75, 3.05) is 27.3 Å². The van der Waals surface area contributed by atoms with Crippen LogP contribution in [0.4, 0.5) is 13.2 Å². The number of carbonyl (C=O) groups excluding carboxylic acids is 1. The van der Waals surface area contributed by atoms with Crippen LogP contribution in [0.3, 0.4) is 0 Å². The van der Waals surface area contributed by atoms with Gasteiger partial charge in [0.25, 0.3) is 5.91 Å². The Morgan fingerprint density at radius 1 is 1.23 bits per heavy atom. The minimum Gasteiger partial charge on any atom is -0.493 e. The second kappa shape index (κ2) is 10.8. The van der Waals surface area contributed by atoms with E-state index in [0.717, 1.165) is 17.8 Å². The maximum atomic E-state index is 13.5. The molecule has 0 aromatic heterocycles. The Kier molecular flexibility index (Phi) is 8.06. The van der Waals surface area contributed by atoms with Gasteiger partial charge >= 0.3 is 6.18 Å². The number of methoxy groups -OCH3 is 1. The quantitative estimate of drug-likeness (QED) is 0.546. The van der Waals surface area contributed by atoms with Crippen LogP contribution in [-0.2, 0) is 11.0 Å². The summed E-state index contributed by atoms with van der Waals surface area (Å²) in [6, 6.07) is 9.08. The molecule has 1 unspecified atom stereocenters. The summed E-state index contributed by atoms with van der Waals surface area (Å²) >= 11 is 1.07. The number of amides is 1. The van der Waals surface area contributed by atoms with Gasteiger partial charge in [0, 0.05) is 13.6 Å². The maximum Gasteiger partial charge on any atom is 0.420 e. The number of carbonyl (C=O) groups is 1. The van der Waals surface area contributed by atoms with E-state index in [1.54, 1.807) is 13.1 Å². The second-order valence-electron chi connectivity index (χ2n) is 7.36. The van der Waals surface area contributed by atoms with Crippen molar-refractivity contribution in [3.63, 3.8) is 0 Å². The standard InChI is InChI=1S/C23H20F3N3O5S/c1-29(11-15(31)12-30)22-28-21(32)20(35-22)9-13-3-6-18(19(8-13)33-2)34-17-5-4-14(10-27)7-16(17)23(24,25)26/h3-9,15,30-31H,11-12H2,1-2H3/b20-9-. The first kappa shape index (κ1) is 26.1. The van der Waals surface area contributed by atoms with Gasteiger partial charge in [0.2, 0.25) is 0 Å². The topological polar surface area (TPSA) is 115 Å². The van der Waals surface area contributed by atoms with E-state index in [1.807, 2.05) is 0 Å². The molecule has 0 aliphatic carbocycles. The number of nitrogens with zero attached hydrogens (tertiary/aromatic N) is 3. The molecule has 2 aromatic rings. The highest BCUT2D eigenvalue weighted by atomic mass is 32.2. The van der Waals surface area contributed by atoms with E-state index >= 15 is 0 Å². The van der Waals surface area contributed by atoms with Crippen LogP contribution >= 0.6 is 11.8 Å². The fourth-order valence-corrected chi connectivity index (χ4v) is 3.93. The molecule has 1 aliphatic rings. The van der Waals surface area contributed by atoms with Gasteiger partial charge in [0.1, 0.15) is 5.75 Å². The number of aliphatic hydroxyl groups excluding tert-OH is 2. The van der Waals surface area contributed by atoms with E-state index in [4.69, 9.17) is 19.8 Å². The van der Waals surface area contributed by atoms with Crippen molar-refractivity contribution in [3.05, 3.63) is 58.0 Å². The number of hydrogen-bond acceptors (Lipinski definition) is 8. The number of hydrogen-bond donors (Lipinski definition) is 2. The van der Waals surface area contributed by atoms with Crippen LogP contribution in [-0.4, -0.2) is 59.6 Å². The van der Waals surface area contributed by atoms with E-state index < -0.39 is 36.1 Å². The average Bonchev–Trinajstić information content (AvgIpc) is 3.19. The summed E-state index contributed by atoms with van der Waals surface area (Å²) in [7, 11) is 2.94. The number of amidine groups is 1. The Bertz CT molecular complexity index is 1220. The van der Waals surface area contributed by atoms with Crippen LogP contribution in [0.25, 0.3) is 6.08 Å². The molecular weight excluding hydrogens is 487 g/mol. The number of ether oxygens (including phenoxy) is 2. The molecule has 1 aliphatic heterocycles. The predicted molar refractivity (Wildman–Crippen MR) is 123 cm³/mol. The molecule has 0 radical (unpaired) electrons. The number of rotatable bonds is 7. The fraction of sp³-hybridized carbons (Fsp3) is 0.261. The van der Waals surface area contributed by atoms with Crippen LogP contribution < -0.4 is 9.47 Å². The van der Waals surface area contributed by atoms with Gasteiger partial charge in [-0.1, -0.05) is 6.07 Å². The summed E-state index contributed by atoms with van der Waals surface area (Å²) in [6.07, 6.45) is -4.19. The fourth-order valence-electron chi connectivity index (χ4n) is 3.05. The van der Waals surface area contributed by atoms with E-state index in [0.29, 0.717) is 16.8 Å². The zero-order valence-electron chi connectivity index (χ0n) is 18.5. The van der Waals surface area contributed by atoms with Gasteiger partial charge in [-0.2, -0.15) is 23.4 Å².